The maximum atomic E-state index is 11.6. The quantitative estimate of drug-likeness (QED) is 0.704. The van der Waals surface area contributed by atoms with Crippen LogP contribution in [-0.2, 0) is 4.79 Å². The van der Waals surface area contributed by atoms with Gasteiger partial charge >= 0.3 is 0 Å². The van der Waals surface area contributed by atoms with E-state index in [9.17, 15) is 4.79 Å². The number of hydrogen-bond donors (Lipinski definition) is 2. The highest BCUT2D eigenvalue weighted by Crippen LogP contribution is 2.24. The minimum atomic E-state index is -0.755. The first kappa shape index (κ1) is 10.6. The van der Waals surface area contributed by atoms with Gasteiger partial charge in [-0.25, -0.2) is 0 Å². The molecular formula is C11H9N3OS. The Morgan fingerprint density at radius 2 is 2.00 bits per heavy atom. The molecule has 1 amide bonds. The lowest BCUT2D eigenvalue weighted by molar-refractivity contribution is -0.123. The minimum Gasteiger partial charge on any atom is -0.354 e. The van der Waals surface area contributed by atoms with Crippen molar-refractivity contribution in [2.45, 2.75) is 6.04 Å². The van der Waals surface area contributed by atoms with Gasteiger partial charge in [0.05, 0.1) is 12.1 Å². The second-order valence-corrected chi connectivity index (χ2v) is 3.87. The smallest absolute Gasteiger partial charge is 0.245 e. The molecule has 0 spiro atoms. The van der Waals surface area contributed by atoms with Crippen molar-refractivity contribution in [3.8, 4) is 6.07 Å². The molecule has 4 nitrogen and oxygen atoms in total. The van der Waals surface area contributed by atoms with Crippen LogP contribution in [0.5, 0.6) is 0 Å². The molecule has 1 aromatic carbocycles. The van der Waals surface area contributed by atoms with E-state index in [1.165, 1.54) is 0 Å². The van der Waals surface area contributed by atoms with Crippen molar-refractivity contribution in [2.24, 2.45) is 5.92 Å². The van der Waals surface area contributed by atoms with Gasteiger partial charge in [0.25, 0.3) is 0 Å². The van der Waals surface area contributed by atoms with Crippen molar-refractivity contribution in [3.05, 3.63) is 35.9 Å². The van der Waals surface area contributed by atoms with Gasteiger partial charge in [-0.3, -0.25) is 4.79 Å². The molecule has 0 radical (unpaired) electrons. The molecule has 1 aromatic rings. The molecule has 2 atom stereocenters. The van der Waals surface area contributed by atoms with Gasteiger partial charge in [-0.1, -0.05) is 30.3 Å². The summed E-state index contributed by atoms with van der Waals surface area (Å²) in [5.41, 5.74) is 0.881. The van der Waals surface area contributed by atoms with Crippen molar-refractivity contribution in [1.29, 1.82) is 5.26 Å². The predicted molar refractivity (Wildman–Crippen MR) is 62.2 cm³/mol. The number of nitrogens with one attached hydrogen (secondary N) is 2. The summed E-state index contributed by atoms with van der Waals surface area (Å²) in [5.74, 6) is -1.10. The Morgan fingerprint density at radius 3 is 2.62 bits per heavy atom. The lowest BCUT2D eigenvalue weighted by atomic mass is 9.92. The third-order valence-electron chi connectivity index (χ3n) is 2.44. The Hall–Kier alpha value is -1.93. The molecule has 0 unspecified atom stereocenters. The topological polar surface area (TPSA) is 64.9 Å². The van der Waals surface area contributed by atoms with E-state index in [1.807, 2.05) is 36.4 Å². The van der Waals surface area contributed by atoms with E-state index in [1.54, 1.807) is 0 Å². The molecule has 0 aliphatic carbocycles. The molecule has 0 bridgehead atoms. The highest BCUT2D eigenvalue weighted by molar-refractivity contribution is 7.80. The normalized spacial score (nSPS) is 24.2. The number of thiocarbonyl (C=S) groups is 1. The van der Waals surface area contributed by atoms with Crippen molar-refractivity contribution in [3.63, 3.8) is 0 Å². The van der Waals surface area contributed by atoms with Gasteiger partial charge in [0.2, 0.25) is 5.91 Å². The predicted octanol–water partition coefficient (Wildman–Crippen LogP) is 0.872. The Balaban J connectivity index is 2.35. The molecule has 80 valence electrons. The number of carbonyl (C=O) groups is 1. The van der Waals surface area contributed by atoms with Crippen molar-refractivity contribution < 1.29 is 4.79 Å². The van der Waals surface area contributed by atoms with Crippen LogP contribution in [0.3, 0.4) is 0 Å². The third kappa shape index (κ3) is 1.88. The van der Waals surface area contributed by atoms with Crippen molar-refractivity contribution in [1.82, 2.24) is 10.6 Å². The highest BCUT2D eigenvalue weighted by Gasteiger charge is 2.34. The van der Waals surface area contributed by atoms with Crippen LogP contribution in [0.2, 0.25) is 0 Å². The zero-order valence-electron chi connectivity index (χ0n) is 8.31. The number of benzene rings is 1. The summed E-state index contributed by atoms with van der Waals surface area (Å²) in [4.78, 5) is 11.6. The van der Waals surface area contributed by atoms with E-state index >= 15 is 0 Å². The van der Waals surface area contributed by atoms with Crippen LogP contribution in [0.15, 0.2) is 30.3 Å². The van der Waals surface area contributed by atoms with Crippen LogP contribution in [0.4, 0.5) is 0 Å². The van der Waals surface area contributed by atoms with E-state index in [0.29, 0.717) is 0 Å². The summed E-state index contributed by atoms with van der Waals surface area (Å²) >= 11 is 4.91. The number of amides is 1. The first-order valence-electron chi connectivity index (χ1n) is 4.78. The zero-order valence-corrected chi connectivity index (χ0v) is 9.12. The molecule has 5 heteroatoms. The zero-order chi connectivity index (χ0) is 11.5. The highest BCUT2D eigenvalue weighted by atomic mass is 32.1. The number of rotatable bonds is 1. The second kappa shape index (κ2) is 4.29. The summed E-state index contributed by atoms with van der Waals surface area (Å²) in [6.45, 7) is 0. The van der Waals surface area contributed by atoms with Crippen molar-refractivity contribution in [2.75, 3.05) is 0 Å². The molecule has 1 fully saturated rings. The van der Waals surface area contributed by atoms with Crippen LogP contribution < -0.4 is 10.6 Å². The van der Waals surface area contributed by atoms with Crippen LogP contribution in [0.25, 0.3) is 0 Å². The Morgan fingerprint density at radius 1 is 1.31 bits per heavy atom. The maximum Gasteiger partial charge on any atom is 0.245 e. The molecule has 0 aromatic heterocycles. The maximum absolute atomic E-state index is 11.6. The average molecular weight is 231 g/mol. The molecule has 1 saturated heterocycles. The first-order valence-corrected chi connectivity index (χ1v) is 5.19. The van der Waals surface area contributed by atoms with Crippen LogP contribution >= 0.6 is 12.2 Å². The van der Waals surface area contributed by atoms with E-state index in [0.717, 1.165) is 5.56 Å². The lowest BCUT2D eigenvalue weighted by Crippen LogP contribution is -2.53. The van der Waals surface area contributed by atoms with Crippen molar-refractivity contribution >= 4 is 23.2 Å². The van der Waals surface area contributed by atoms with Gasteiger partial charge in [0, 0.05) is 0 Å². The Labute approximate surface area is 98.3 Å². The fraction of sp³-hybridized carbons (Fsp3) is 0.182. The van der Waals surface area contributed by atoms with E-state index in [-0.39, 0.29) is 17.1 Å². The molecule has 1 heterocycles. The molecule has 2 rings (SSSR count). The summed E-state index contributed by atoms with van der Waals surface area (Å²) in [6, 6.07) is 11.0. The molecule has 2 N–H and O–H groups in total. The third-order valence-corrected chi connectivity index (χ3v) is 2.66. The van der Waals surface area contributed by atoms with Crippen LogP contribution in [0.1, 0.15) is 11.6 Å². The standard InChI is InChI=1S/C11H9N3OS/c12-6-8-9(7-4-2-1-3-5-7)13-11(16)14-10(8)15/h1-5,8-9H,(H2,13,14,15,16)/t8-,9+/m0/s1. The molecule has 1 aliphatic rings. The Bertz CT molecular complexity index is 466. The SMILES string of the molecule is N#C[C@@H]1C(=O)NC(=S)N[C@@H]1c1ccccc1. The van der Waals surface area contributed by atoms with Crippen LogP contribution in [0, 0.1) is 17.2 Å². The lowest BCUT2D eigenvalue weighted by Gasteiger charge is -2.29. The largest absolute Gasteiger partial charge is 0.354 e. The Kier molecular flexibility index (Phi) is 2.84. The van der Waals surface area contributed by atoms with E-state index in [2.05, 4.69) is 10.6 Å². The number of carbonyl (C=O) groups excluding carboxylic acids is 1. The van der Waals surface area contributed by atoms with Gasteiger partial charge in [-0.15, -0.1) is 0 Å². The van der Waals surface area contributed by atoms with E-state index in [4.69, 9.17) is 17.5 Å². The molecule has 0 saturated carbocycles. The molecule has 1 aliphatic heterocycles. The number of nitriles is 1. The van der Waals surface area contributed by atoms with Gasteiger partial charge in [-0.05, 0) is 17.8 Å². The van der Waals surface area contributed by atoms with E-state index < -0.39 is 5.92 Å². The van der Waals surface area contributed by atoms with Gasteiger partial charge in [0.1, 0.15) is 5.92 Å². The fourth-order valence-corrected chi connectivity index (χ4v) is 1.90. The molecule has 16 heavy (non-hydrogen) atoms. The number of nitrogens with zero attached hydrogens (tertiary/aromatic N) is 1. The van der Waals surface area contributed by atoms with Crippen LogP contribution in [-0.4, -0.2) is 11.0 Å². The van der Waals surface area contributed by atoms with Gasteiger partial charge in [-0.2, -0.15) is 5.26 Å². The summed E-state index contributed by atoms with van der Waals surface area (Å²) in [5, 5.41) is 14.6. The first-order chi connectivity index (χ1) is 7.72. The summed E-state index contributed by atoms with van der Waals surface area (Å²) < 4.78 is 0. The molecular weight excluding hydrogens is 222 g/mol. The van der Waals surface area contributed by atoms with Gasteiger partial charge < -0.3 is 10.6 Å². The number of hydrogen-bond acceptors (Lipinski definition) is 3. The summed E-state index contributed by atoms with van der Waals surface area (Å²) in [7, 11) is 0. The monoisotopic (exact) mass is 231 g/mol. The average Bonchev–Trinajstić information content (AvgIpc) is 2.29. The second-order valence-electron chi connectivity index (χ2n) is 3.46. The summed E-state index contributed by atoms with van der Waals surface area (Å²) in [6.07, 6.45) is 0. The fourth-order valence-electron chi connectivity index (χ4n) is 1.67. The minimum absolute atomic E-state index is 0.269. The van der Waals surface area contributed by atoms with Gasteiger partial charge in [0.15, 0.2) is 5.11 Å².